The number of nitrogens with zero attached hydrogens (tertiary/aromatic N) is 3. The first kappa shape index (κ1) is 27.8. The molecule has 1 aliphatic rings. The Bertz CT molecular complexity index is 1320. The number of aromatic amines is 1. The number of hydrogen-bond donors (Lipinski definition) is 3. The van der Waals surface area contributed by atoms with Crippen LogP contribution < -0.4 is 10.1 Å². The van der Waals surface area contributed by atoms with Gasteiger partial charge in [0.15, 0.2) is 17.4 Å². The van der Waals surface area contributed by atoms with Gasteiger partial charge >= 0.3 is 5.97 Å². The molecule has 0 unspecified atom stereocenters. The van der Waals surface area contributed by atoms with Crippen molar-refractivity contribution in [3.63, 3.8) is 0 Å². The van der Waals surface area contributed by atoms with Crippen molar-refractivity contribution in [2.24, 2.45) is 5.41 Å². The molecular formula is C27H32ClF2N5O3. The van der Waals surface area contributed by atoms with Crippen LogP contribution >= 0.6 is 11.6 Å². The Kier molecular flexibility index (Phi) is 8.22. The summed E-state index contributed by atoms with van der Waals surface area (Å²) in [6.45, 7) is 7.99. The van der Waals surface area contributed by atoms with Gasteiger partial charge < -0.3 is 15.2 Å². The van der Waals surface area contributed by atoms with Crippen molar-refractivity contribution in [1.29, 1.82) is 0 Å². The summed E-state index contributed by atoms with van der Waals surface area (Å²) >= 11 is 5.93. The molecule has 3 N–H and O–H groups in total. The summed E-state index contributed by atoms with van der Waals surface area (Å²) in [6.07, 6.45) is 0.0553. The third-order valence-corrected chi connectivity index (χ3v) is 7.16. The van der Waals surface area contributed by atoms with Gasteiger partial charge in [-0.25, -0.2) is 13.8 Å². The molecule has 1 fully saturated rings. The lowest BCUT2D eigenvalue weighted by Gasteiger charge is -2.43. The minimum absolute atomic E-state index is 0.00171. The normalized spacial score (nSPS) is 20.1. The second-order valence-corrected chi connectivity index (χ2v) is 10.7. The number of carboxylic acid groups (broad SMARTS) is 1. The molecule has 4 rings (SSSR count). The van der Waals surface area contributed by atoms with Gasteiger partial charge in [0.25, 0.3) is 0 Å². The average Bonchev–Trinajstić information content (AvgIpc) is 3.25. The number of aryl methyl sites for hydroxylation is 1. The van der Waals surface area contributed by atoms with Crippen LogP contribution in [-0.4, -0.2) is 49.8 Å². The van der Waals surface area contributed by atoms with Crippen molar-refractivity contribution in [2.45, 2.75) is 65.6 Å². The van der Waals surface area contributed by atoms with E-state index in [9.17, 15) is 14.3 Å². The van der Waals surface area contributed by atoms with Crippen LogP contribution in [0.25, 0.3) is 0 Å². The van der Waals surface area contributed by atoms with E-state index in [0.29, 0.717) is 30.3 Å². The lowest BCUT2D eigenvalue weighted by molar-refractivity contribution is -0.153. The largest absolute Gasteiger partial charge is 0.488 e. The van der Waals surface area contributed by atoms with Crippen LogP contribution in [0.5, 0.6) is 5.75 Å². The Morgan fingerprint density at radius 2 is 2.08 bits per heavy atom. The third kappa shape index (κ3) is 6.07. The zero-order valence-corrected chi connectivity index (χ0v) is 22.6. The van der Waals surface area contributed by atoms with E-state index in [2.05, 4.69) is 20.5 Å². The number of anilines is 2. The first-order chi connectivity index (χ1) is 18.0. The second-order valence-electron chi connectivity index (χ2n) is 10.2. The maximum Gasteiger partial charge on any atom is 0.310 e. The summed E-state index contributed by atoms with van der Waals surface area (Å²) in [5, 5.41) is 20.4. The number of aliphatic carboxylic acids is 1. The molecule has 0 radical (unpaired) electrons. The number of ether oxygens (including phenoxy) is 1. The van der Waals surface area contributed by atoms with Gasteiger partial charge in [0.05, 0.1) is 22.2 Å². The summed E-state index contributed by atoms with van der Waals surface area (Å²) in [7, 11) is 0. The fraction of sp³-hybridized carbons (Fsp3) is 0.444. The van der Waals surface area contributed by atoms with Gasteiger partial charge in [-0.15, -0.1) is 0 Å². The molecule has 11 heteroatoms. The molecular weight excluding hydrogens is 516 g/mol. The van der Waals surface area contributed by atoms with E-state index in [1.54, 1.807) is 32.0 Å². The molecule has 0 spiro atoms. The predicted molar refractivity (Wildman–Crippen MR) is 141 cm³/mol. The molecule has 3 aromatic rings. The molecule has 1 aliphatic heterocycles. The summed E-state index contributed by atoms with van der Waals surface area (Å²) in [6, 6.07) is 7.86. The maximum absolute atomic E-state index is 15.6. The van der Waals surface area contributed by atoms with Gasteiger partial charge in [-0.05, 0) is 53.1 Å². The number of hydrogen-bond acceptors (Lipinski definition) is 6. The van der Waals surface area contributed by atoms with Gasteiger partial charge in [0.2, 0.25) is 0 Å². The number of H-pyrrole nitrogens is 1. The van der Waals surface area contributed by atoms with Crippen LogP contribution in [0.1, 0.15) is 50.6 Å². The number of likely N-dealkylation sites (tertiary alicyclic amines) is 1. The number of pyridine rings is 1. The van der Waals surface area contributed by atoms with E-state index in [1.807, 2.05) is 18.7 Å². The number of nitrogens with one attached hydrogen (secondary N) is 2. The zero-order chi connectivity index (χ0) is 27.6. The van der Waals surface area contributed by atoms with Crippen LogP contribution in [0, 0.1) is 24.0 Å². The molecule has 1 aromatic carbocycles. The van der Waals surface area contributed by atoms with Gasteiger partial charge in [0.1, 0.15) is 11.6 Å². The summed E-state index contributed by atoms with van der Waals surface area (Å²) in [4.78, 5) is 19.1. The number of rotatable bonds is 9. The highest BCUT2D eigenvalue weighted by atomic mass is 35.5. The van der Waals surface area contributed by atoms with Crippen molar-refractivity contribution in [2.75, 3.05) is 11.9 Å². The van der Waals surface area contributed by atoms with Gasteiger partial charge in [-0.2, -0.15) is 5.10 Å². The van der Waals surface area contributed by atoms with Gasteiger partial charge in [-0.1, -0.05) is 23.7 Å². The summed E-state index contributed by atoms with van der Waals surface area (Å²) < 4.78 is 35.8. The first-order valence-corrected chi connectivity index (χ1v) is 12.9. The standard InChI is InChI=1S/C27H32ClF2N5O3/c1-15(2)38-21-11-22(32-23-10-16(3)33-34-23)31-20(25(21)30)13-27(26(36)37)8-9-35(17(4)12-27)14-18-6-5-7-19(28)24(18)29/h5-7,10-11,15,17H,8-9,12-14H2,1-4H3,(H,36,37)(H2,31,32,33,34)/t17-,27-/m1/s1. The maximum atomic E-state index is 15.6. The number of halogens is 3. The minimum Gasteiger partial charge on any atom is -0.488 e. The summed E-state index contributed by atoms with van der Waals surface area (Å²) in [5.41, 5.74) is 0.0223. The molecule has 204 valence electrons. The molecule has 0 saturated carbocycles. The molecule has 38 heavy (non-hydrogen) atoms. The van der Waals surface area contributed by atoms with E-state index in [-0.39, 0.29) is 47.9 Å². The fourth-order valence-corrected chi connectivity index (χ4v) is 5.13. The van der Waals surface area contributed by atoms with E-state index in [1.165, 1.54) is 12.1 Å². The Morgan fingerprint density at radius 3 is 2.71 bits per heavy atom. The molecule has 0 aliphatic carbocycles. The highest BCUT2D eigenvalue weighted by molar-refractivity contribution is 6.30. The van der Waals surface area contributed by atoms with Crippen molar-refractivity contribution in [3.05, 3.63) is 63.9 Å². The Balaban J connectivity index is 1.60. The lowest BCUT2D eigenvalue weighted by Crippen LogP contribution is -2.50. The van der Waals surface area contributed by atoms with E-state index >= 15 is 4.39 Å². The molecule has 3 heterocycles. The monoisotopic (exact) mass is 547 g/mol. The number of benzene rings is 1. The van der Waals surface area contributed by atoms with Gasteiger partial charge in [-0.3, -0.25) is 14.8 Å². The van der Waals surface area contributed by atoms with Crippen molar-refractivity contribution in [1.82, 2.24) is 20.1 Å². The minimum atomic E-state index is -1.26. The number of piperidine rings is 1. The Labute approximate surface area is 225 Å². The lowest BCUT2D eigenvalue weighted by atomic mass is 9.72. The van der Waals surface area contributed by atoms with Crippen LogP contribution in [0.3, 0.4) is 0 Å². The molecule has 0 bridgehead atoms. The molecule has 1 saturated heterocycles. The third-order valence-electron chi connectivity index (χ3n) is 6.87. The Hall–Kier alpha value is -3.24. The molecule has 8 nitrogen and oxygen atoms in total. The van der Waals surface area contributed by atoms with Crippen molar-refractivity contribution in [3.8, 4) is 5.75 Å². The van der Waals surface area contributed by atoms with Crippen LogP contribution in [0.2, 0.25) is 5.02 Å². The van der Waals surface area contributed by atoms with Gasteiger partial charge in [0, 0.05) is 42.4 Å². The number of carboxylic acids is 1. The van der Waals surface area contributed by atoms with Crippen LogP contribution in [-0.2, 0) is 17.8 Å². The van der Waals surface area contributed by atoms with E-state index in [0.717, 1.165) is 5.69 Å². The highest BCUT2D eigenvalue weighted by Crippen LogP contribution is 2.40. The van der Waals surface area contributed by atoms with Crippen LogP contribution in [0.4, 0.5) is 20.4 Å². The first-order valence-electron chi connectivity index (χ1n) is 12.5. The SMILES string of the molecule is Cc1cc(Nc2cc(OC(C)C)c(F)c(C[C@@]3(C(=O)O)CCN(Cc4cccc(Cl)c4F)[C@H](C)C3)n2)n[nH]1. The summed E-state index contributed by atoms with van der Waals surface area (Å²) in [5.74, 6) is -1.40. The molecule has 2 atom stereocenters. The van der Waals surface area contributed by atoms with E-state index in [4.69, 9.17) is 16.3 Å². The zero-order valence-electron chi connectivity index (χ0n) is 21.8. The van der Waals surface area contributed by atoms with E-state index < -0.39 is 23.0 Å². The highest BCUT2D eigenvalue weighted by Gasteiger charge is 2.45. The number of aromatic nitrogens is 3. The molecule has 2 aromatic heterocycles. The predicted octanol–water partition coefficient (Wildman–Crippen LogP) is 5.87. The van der Waals surface area contributed by atoms with Crippen molar-refractivity contribution < 1.29 is 23.4 Å². The fourth-order valence-electron chi connectivity index (χ4n) is 4.94. The smallest absolute Gasteiger partial charge is 0.310 e. The average molecular weight is 548 g/mol. The van der Waals surface area contributed by atoms with Crippen molar-refractivity contribution >= 4 is 29.2 Å². The second kappa shape index (κ2) is 11.2. The van der Waals surface area contributed by atoms with Crippen LogP contribution in [0.15, 0.2) is 30.3 Å². The molecule has 0 amide bonds. The topological polar surface area (TPSA) is 103 Å². The number of carbonyl (C=O) groups is 1. The Morgan fingerprint density at radius 1 is 1.32 bits per heavy atom. The quantitative estimate of drug-likeness (QED) is 0.307.